The van der Waals surface area contributed by atoms with Crippen LogP contribution in [0.5, 0.6) is 5.75 Å². The molecule has 1 heterocycles. The minimum absolute atomic E-state index is 0.265. The lowest BCUT2D eigenvalue weighted by Crippen LogP contribution is -2.20. The van der Waals surface area contributed by atoms with Crippen LogP contribution in [-0.2, 0) is 9.53 Å². The first-order valence-electron chi connectivity index (χ1n) is 6.19. The molecule has 0 spiro atoms. The average Bonchev–Trinajstić information content (AvgIpc) is 2.87. The Morgan fingerprint density at radius 1 is 1.05 bits per heavy atom. The number of hydrogen-bond acceptors (Lipinski definition) is 3. The van der Waals surface area contributed by atoms with Gasteiger partial charge in [0.15, 0.2) is 0 Å². The fourth-order valence-electron chi connectivity index (χ4n) is 2.49. The van der Waals surface area contributed by atoms with Gasteiger partial charge in [-0.1, -0.05) is 48.5 Å². The Hall–Kier alpha value is -2.29. The minimum Gasteiger partial charge on any atom is -0.484 e. The van der Waals surface area contributed by atoms with Crippen LogP contribution in [0.4, 0.5) is 0 Å². The van der Waals surface area contributed by atoms with Crippen molar-refractivity contribution in [3.05, 3.63) is 65.7 Å². The molecule has 0 fully saturated rings. The van der Waals surface area contributed by atoms with Crippen LogP contribution in [0.2, 0.25) is 0 Å². The molecule has 2 atom stereocenters. The molecule has 3 heteroatoms. The van der Waals surface area contributed by atoms with E-state index in [1.165, 1.54) is 7.11 Å². The van der Waals surface area contributed by atoms with Gasteiger partial charge in [-0.3, -0.25) is 4.79 Å². The fraction of sp³-hybridized carbons (Fsp3) is 0.188. The van der Waals surface area contributed by atoms with E-state index < -0.39 is 5.92 Å². The third-order valence-corrected chi connectivity index (χ3v) is 3.39. The maximum atomic E-state index is 12.1. The summed E-state index contributed by atoms with van der Waals surface area (Å²) in [5.74, 6) is 0.0918. The summed E-state index contributed by atoms with van der Waals surface area (Å²) < 4.78 is 10.9. The maximum absolute atomic E-state index is 12.1. The number of para-hydroxylation sites is 1. The highest BCUT2D eigenvalue weighted by molar-refractivity contribution is 5.81. The van der Waals surface area contributed by atoms with Crippen molar-refractivity contribution < 1.29 is 14.3 Å². The first-order chi connectivity index (χ1) is 9.31. The monoisotopic (exact) mass is 254 g/mol. The summed E-state index contributed by atoms with van der Waals surface area (Å²) in [5.41, 5.74) is 1.87. The number of methoxy groups -OCH3 is 1. The Labute approximate surface area is 111 Å². The molecule has 2 aromatic rings. The summed E-state index contributed by atoms with van der Waals surface area (Å²) in [6.45, 7) is 0. The van der Waals surface area contributed by atoms with E-state index in [2.05, 4.69) is 0 Å². The smallest absolute Gasteiger partial charge is 0.317 e. The molecule has 1 aliphatic rings. The average molecular weight is 254 g/mol. The van der Waals surface area contributed by atoms with Crippen molar-refractivity contribution in [2.45, 2.75) is 12.0 Å². The second-order valence-corrected chi connectivity index (χ2v) is 4.49. The normalized spacial score (nSPS) is 20.5. The van der Waals surface area contributed by atoms with Crippen LogP contribution in [0, 0.1) is 0 Å². The molecule has 0 aliphatic carbocycles. The van der Waals surface area contributed by atoms with Gasteiger partial charge in [-0.25, -0.2) is 0 Å². The van der Waals surface area contributed by atoms with Crippen LogP contribution in [0.1, 0.15) is 23.1 Å². The van der Waals surface area contributed by atoms with E-state index in [9.17, 15) is 4.79 Å². The molecule has 2 aromatic carbocycles. The van der Waals surface area contributed by atoms with Gasteiger partial charge in [0.2, 0.25) is 0 Å². The van der Waals surface area contributed by atoms with E-state index in [4.69, 9.17) is 9.47 Å². The quantitative estimate of drug-likeness (QED) is 0.773. The molecule has 96 valence electrons. The summed E-state index contributed by atoms with van der Waals surface area (Å²) in [7, 11) is 1.41. The van der Waals surface area contributed by atoms with E-state index in [0.29, 0.717) is 0 Å². The molecular weight excluding hydrogens is 240 g/mol. The lowest BCUT2D eigenvalue weighted by atomic mass is 9.91. The lowest BCUT2D eigenvalue weighted by molar-refractivity contribution is -0.144. The zero-order chi connectivity index (χ0) is 13.2. The number of fused-ring (bicyclic) bond motifs is 1. The first-order valence-corrected chi connectivity index (χ1v) is 6.19. The largest absolute Gasteiger partial charge is 0.484 e. The van der Waals surface area contributed by atoms with E-state index in [1.54, 1.807) is 0 Å². The SMILES string of the molecule is COC(=O)[C@@H]1c2ccccc2O[C@@H]1c1ccccc1. The minimum atomic E-state index is -0.399. The Kier molecular flexibility index (Phi) is 2.95. The molecule has 3 rings (SSSR count). The summed E-state index contributed by atoms with van der Waals surface area (Å²) >= 11 is 0. The topological polar surface area (TPSA) is 35.5 Å². The van der Waals surface area contributed by atoms with Gasteiger partial charge in [-0.2, -0.15) is 0 Å². The summed E-state index contributed by atoms with van der Waals surface area (Å²) in [5, 5.41) is 0. The van der Waals surface area contributed by atoms with Gasteiger partial charge in [-0.15, -0.1) is 0 Å². The zero-order valence-corrected chi connectivity index (χ0v) is 10.6. The van der Waals surface area contributed by atoms with Gasteiger partial charge in [-0.05, 0) is 11.6 Å². The van der Waals surface area contributed by atoms with Gasteiger partial charge in [0.05, 0.1) is 7.11 Å². The van der Waals surface area contributed by atoms with Crippen LogP contribution < -0.4 is 4.74 Å². The number of hydrogen-bond donors (Lipinski definition) is 0. The van der Waals surface area contributed by atoms with E-state index in [1.807, 2.05) is 54.6 Å². The van der Waals surface area contributed by atoms with Gasteiger partial charge < -0.3 is 9.47 Å². The highest BCUT2D eigenvalue weighted by atomic mass is 16.5. The molecule has 3 nitrogen and oxygen atoms in total. The predicted octanol–water partition coefficient (Wildman–Crippen LogP) is 3.08. The molecular formula is C16H14O3. The van der Waals surface area contributed by atoms with E-state index in [0.717, 1.165) is 16.9 Å². The Morgan fingerprint density at radius 2 is 1.74 bits per heavy atom. The standard InChI is InChI=1S/C16H14O3/c1-18-16(17)14-12-9-5-6-10-13(12)19-15(14)11-7-3-2-4-8-11/h2-10,14-15H,1H3/t14-,15-/m1/s1. The van der Waals surface area contributed by atoms with Gasteiger partial charge in [0.25, 0.3) is 0 Å². The number of esters is 1. The van der Waals surface area contributed by atoms with Crippen molar-refractivity contribution in [3.8, 4) is 5.75 Å². The van der Waals surface area contributed by atoms with Crippen LogP contribution in [0.25, 0.3) is 0 Å². The molecule has 1 aliphatic heterocycles. The van der Waals surface area contributed by atoms with Crippen molar-refractivity contribution in [2.75, 3.05) is 7.11 Å². The number of carbonyl (C=O) groups is 1. The highest BCUT2D eigenvalue weighted by Gasteiger charge is 2.40. The molecule has 0 bridgehead atoms. The second-order valence-electron chi connectivity index (χ2n) is 4.49. The van der Waals surface area contributed by atoms with Gasteiger partial charge in [0, 0.05) is 5.56 Å². The van der Waals surface area contributed by atoms with Crippen LogP contribution >= 0.6 is 0 Å². The van der Waals surface area contributed by atoms with Crippen molar-refractivity contribution in [2.24, 2.45) is 0 Å². The maximum Gasteiger partial charge on any atom is 0.317 e. The molecule has 0 N–H and O–H groups in total. The number of rotatable bonds is 2. The summed E-state index contributed by atoms with van der Waals surface area (Å²) in [6.07, 6.45) is -0.314. The lowest BCUT2D eigenvalue weighted by Gasteiger charge is -2.17. The molecule has 0 unspecified atom stereocenters. The molecule has 19 heavy (non-hydrogen) atoms. The van der Waals surface area contributed by atoms with Gasteiger partial charge in [0.1, 0.15) is 17.8 Å². The van der Waals surface area contributed by atoms with Crippen molar-refractivity contribution in [1.29, 1.82) is 0 Å². The second kappa shape index (κ2) is 4.76. The third kappa shape index (κ3) is 1.97. The van der Waals surface area contributed by atoms with E-state index in [-0.39, 0.29) is 12.1 Å². The Morgan fingerprint density at radius 3 is 2.47 bits per heavy atom. The summed E-state index contributed by atoms with van der Waals surface area (Å²) in [4.78, 5) is 12.1. The van der Waals surface area contributed by atoms with Crippen molar-refractivity contribution in [3.63, 3.8) is 0 Å². The predicted molar refractivity (Wildman–Crippen MR) is 71.0 cm³/mol. The van der Waals surface area contributed by atoms with Crippen LogP contribution in [-0.4, -0.2) is 13.1 Å². The number of ether oxygens (including phenoxy) is 2. The fourth-order valence-corrected chi connectivity index (χ4v) is 2.49. The molecule has 0 amide bonds. The molecule has 0 radical (unpaired) electrons. The van der Waals surface area contributed by atoms with Crippen molar-refractivity contribution >= 4 is 5.97 Å². The van der Waals surface area contributed by atoms with Crippen molar-refractivity contribution in [1.82, 2.24) is 0 Å². The molecule has 0 saturated heterocycles. The zero-order valence-electron chi connectivity index (χ0n) is 10.6. The van der Waals surface area contributed by atoms with Gasteiger partial charge >= 0.3 is 5.97 Å². The van der Waals surface area contributed by atoms with E-state index >= 15 is 0 Å². The first kappa shape index (κ1) is 11.8. The Balaban J connectivity index is 2.05. The number of benzene rings is 2. The van der Waals surface area contributed by atoms with Crippen LogP contribution in [0.3, 0.4) is 0 Å². The summed E-state index contributed by atoms with van der Waals surface area (Å²) in [6, 6.07) is 17.4. The highest BCUT2D eigenvalue weighted by Crippen LogP contribution is 2.46. The van der Waals surface area contributed by atoms with Crippen LogP contribution in [0.15, 0.2) is 54.6 Å². The molecule has 0 aromatic heterocycles. The third-order valence-electron chi connectivity index (χ3n) is 3.39. The molecule has 0 saturated carbocycles. The number of carbonyl (C=O) groups excluding carboxylic acids is 1. The Bertz CT molecular complexity index is 592.